The van der Waals surface area contributed by atoms with E-state index in [2.05, 4.69) is 0 Å². The van der Waals surface area contributed by atoms with Crippen LogP contribution in [0.5, 0.6) is 5.75 Å². The largest absolute Gasteiger partial charge is 0.487 e. The lowest BCUT2D eigenvalue weighted by Gasteiger charge is -2.24. The first-order valence-corrected chi connectivity index (χ1v) is 11.0. The van der Waals surface area contributed by atoms with Crippen molar-refractivity contribution < 1.29 is 28.2 Å². The van der Waals surface area contributed by atoms with Gasteiger partial charge in [0.05, 0.1) is 0 Å². The Hall–Kier alpha value is -3.74. The van der Waals surface area contributed by atoms with Gasteiger partial charge in [0.2, 0.25) is 0 Å². The Kier molecular flexibility index (Phi) is 6.63. The van der Waals surface area contributed by atoms with Crippen molar-refractivity contribution in [2.24, 2.45) is 0 Å². The average Bonchev–Trinajstić information content (AvgIpc) is 3.13. The Morgan fingerprint density at radius 1 is 0.971 bits per heavy atom. The highest BCUT2D eigenvalue weighted by Gasteiger charge is 2.35. The summed E-state index contributed by atoms with van der Waals surface area (Å²) < 4.78 is 32.5. The van der Waals surface area contributed by atoms with E-state index in [0.717, 1.165) is 16.7 Å². The molecule has 1 N–H and O–H groups in total. The first-order valence-electron chi connectivity index (χ1n) is 11.0. The molecular weight excluding hydrogens is 440 g/mol. The van der Waals surface area contributed by atoms with E-state index in [1.54, 1.807) is 42.5 Å². The normalized spacial score (nSPS) is 16.6. The SMILES string of the molecule is C[C@]1(Cc2ccc(F)cc2)Cc2cc(C(=O)N(CCc3ccc(F)cc3)CC(=O)O)ccc2O1. The van der Waals surface area contributed by atoms with Gasteiger partial charge in [0, 0.05) is 24.9 Å². The second-order valence-electron chi connectivity index (χ2n) is 8.85. The van der Waals surface area contributed by atoms with Crippen molar-refractivity contribution in [2.45, 2.75) is 31.8 Å². The molecule has 1 amide bonds. The molecule has 0 bridgehead atoms. The molecule has 1 atom stereocenters. The van der Waals surface area contributed by atoms with E-state index in [9.17, 15) is 23.5 Å². The predicted molar refractivity (Wildman–Crippen MR) is 123 cm³/mol. The maximum absolute atomic E-state index is 13.2. The summed E-state index contributed by atoms with van der Waals surface area (Å²) in [4.78, 5) is 25.8. The maximum atomic E-state index is 13.2. The number of fused-ring (bicyclic) bond motifs is 1. The van der Waals surface area contributed by atoms with Gasteiger partial charge in [0.15, 0.2) is 0 Å². The molecule has 0 saturated carbocycles. The van der Waals surface area contributed by atoms with Crippen LogP contribution in [-0.2, 0) is 24.1 Å². The van der Waals surface area contributed by atoms with Crippen molar-refractivity contribution in [3.8, 4) is 5.75 Å². The van der Waals surface area contributed by atoms with Gasteiger partial charge in [-0.1, -0.05) is 24.3 Å². The first-order chi connectivity index (χ1) is 16.2. The predicted octanol–water partition coefficient (Wildman–Crippen LogP) is 4.67. The highest BCUT2D eigenvalue weighted by Crippen LogP contribution is 2.37. The Labute approximate surface area is 196 Å². The molecule has 1 heterocycles. The number of amides is 1. The molecule has 0 radical (unpaired) electrons. The van der Waals surface area contributed by atoms with Gasteiger partial charge < -0.3 is 14.7 Å². The molecule has 1 aliphatic heterocycles. The first kappa shape index (κ1) is 23.4. The molecule has 0 fully saturated rings. The van der Waals surface area contributed by atoms with E-state index < -0.39 is 18.1 Å². The van der Waals surface area contributed by atoms with Crippen LogP contribution in [0.15, 0.2) is 66.7 Å². The van der Waals surface area contributed by atoms with Crippen LogP contribution >= 0.6 is 0 Å². The lowest BCUT2D eigenvalue weighted by Crippen LogP contribution is -2.37. The lowest BCUT2D eigenvalue weighted by atomic mass is 9.91. The number of nitrogens with zero attached hydrogens (tertiary/aromatic N) is 1. The summed E-state index contributed by atoms with van der Waals surface area (Å²) in [6, 6.07) is 17.3. The van der Waals surface area contributed by atoms with Crippen molar-refractivity contribution in [1.82, 2.24) is 4.90 Å². The fourth-order valence-electron chi connectivity index (χ4n) is 4.30. The van der Waals surface area contributed by atoms with Crippen molar-refractivity contribution in [3.05, 3.63) is 101 Å². The van der Waals surface area contributed by atoms with E-state index in [1.165, 1.54) is 29.2 Å². The third kappa shape index (κ3) is 5.60. The lowest BCUT2D eigenvalue weighted by molar-refractivity contribution is -0.137. The zero-order chi connectivity index (χ0) is 24.3. The van der Waals surface area contributed by atoms with Gasteiger partial charge in [-0.2, -0.15) is 0 Å². The monoisotopic (exact) mass is 465 g/mol. The summed E-state index contributed by atoms with van der Waals surface area (Å²) in [7, 11) is 0. The molecule has 0 unspecified atom stereocenters. The molecule has 4 rings (SSSR count). The number of carbonyl (C=O) groups excluding carboxylic acids is 1. The zero-order valence-electron chi connectivity index (χ0n) is 18.8. The van der Waals surface area contributed by atoms with Gasteiger partial charge in [-0.05, 0) is 72.5 Å². The molecule has 3 aromatic carbocycles. The molecule has 34 heavy (non-hydrogen) atoms. The molecule has 7 heteroatoms. The van der Waals surface area contributed by atoms with Crippen molar-refractivity contribution in [2.75, 3.05) is 13.1 Å². The molecule has 3 aromatic rings. The second-order valence-corrected chi connectivity index (χ2v) is 8.85. The third-order valence-corrected chi connectivity index (χ3v) is 5.92. The van der Waals surface area contributed by atoms with Crippen LogP contribution in [0.4, 0.5) is 8.78 Å². The molecule has 0 spiro atoms. The van der Waals surface area contributed by atoms with E-state index >= 15 is 0 Å². The van der Waals surface area contributed by atoms with Gasteiger partial charge in [0.25, 0.3) is 5.91 Å². The van der Waals surface area contributed by atoms with Gasteiger partial charge >= 0.3 is 5.97 Å². The number of hydrogen-bond acceptors (Lipinski definition) is 3. The number of benzene rings is 3. The minimum absolute atomic E-state index is 0.187. The second kappa shape index (κ2) is 9.63. The van der Waals surface area contributed by atoms with Crippen molar-refractivity contribution in [3.63, 3.8) is 0 Å². The van der Waals surface area contributed by atoms with Gasteiger partial charge in [-0.3, -0.25) is 9.59 Å². The summed E-state index contributed by atoms with van der Waals surface area (Å²) in [6.07, 6.45) is 1.55. The highest BCUT2D eigenvalue weighted by molar-refractivity contribution is 5.96. The Morgan fingerprint density at radius 3 is 2.21 bits per heavy atom. The zero-order valence-corrected chi connectivity index (χ0v) is 18.8. The molecule has 0 saturated heterocycles. The summed E-state index contributed by atoms with van der Waals surface area (Å²) in [5.41, 5.74) is 2.47. The number of hydrogen-bond donors (Lipinski definition) is 1. The van der Waals surface area contributed by atoms with Crippen LogP contribution in [0, 0.1) is 11.6 Å². The van der Waals surface area contributed by atoms with Crippen LogP contribution in [0.3, 0.4) is 0 Å². The minimum Gasteiger partial charge on any atom is -0.487 e. The van der Waals surface area contributed by atoms with Crippen LogP contribution in [0.1, 0.15) is 34.0 Å². The van der Waals surface area contributed by atoms with Gasteiger partial charge in [-0.15, -0.1) is 0 Å². The summed E-state index contributed by atoms with van der Waals surface area (Å²) in [6.45, 7) is 1.72. The van der Waals surface area contributed by atoms with Gasteiger partial charge in [-0.25, -0.2) is 8.78 Å². The molecular formula is C27H25F2NO4. The number of aliphatic carboxylic acids is 1. The molecule has 0 aliphatic carbocycles. The van der Waals surface area contributed by atoms with E-state index in [0.29, 0.717) is 30.6 Å². The van der Waals surface area contributed by atoms with E-state index in [-0.39, 0.29) is 24.1 Å². The number of halogens is 2. The number of rotatable bonds is 8. The highest BCUT2D eigenvalue weighted by atomic mass is 19.1. The van der Waals surface area contributed by atoms with Crippen molar-refractivity contribution >= 4 is 11.9 Å². The molecule has 5 nitrogen and oxygen atoms in total. The van der Waals surface area contributed by atoms with Crippen LogP contribution in [-0.4, -0.2) is 40.6 Å². The van der Waals surface area contributed by atoms with E-state index in [4.69, 9.17) is 4.74 Å². The smallest absolute Gasteiger partial charge is 0.323 e. The maximum Gasteiger partial charge on any atom is 0.323 e. The molecule has 0 aromatic heterocycles. The number of carbonyl (C=O) groups is 2. The fourth-order valence-corrected chi connectivity index (χ4v) is 4.30. The Balaban J connectivity index is 1.47. The molecule has 176 valence electrons. The van der Waals surface area contributed by atoms with Crippen LogP contribution in [0.2, 0.25) is 0 Å². The summed E-state index contributed by atoms with van der Waals surface area (Å²) in [5.74, 6) is -1.47. The van der Waals surface area contributed by atoms with Crippen molar-refractivity contribution in [1.29, 1.82) is 0 Å². The Morgan fingerprint density at radius 2 is 1.59 bits per heavy atom. The van der Waals surface area contributed by atoms with E-state index in [1.807, 2.05) is 6.92 Å². The average molecular weight is 465 g/mol. The summed E-state index contributed by atoms with van der Waals surface area (Å²) in [5, 5.41) is 9.31. The number of carboxylic acids is 1. The standard InChI is InChI=1S/C27H25F2NO4/c1-27(15-19-4-9-23(29)10-5-19)16-21-14-20(6-11-24(21)34-27)26(33)30(17-25(31)32)13-12-18-2-7-22(28)8-3-18/h2-11,14H,12-13,15-17H2,1H3,(H,31,32)/t27-/m0/s1. The fraction of sp³-hybridized carbons (Fsp3) is 0.259. The molecule has 1 aliphatic rings. The topological polar surface area (TPSA) is 66.8 Å². The van der Waals surface area contributed by atoms with Crippen LogP contribution < -0.4 is 4.74 Å². The quantitative estimate of drug-likeness (QED) is 0.525. The number of carboxylic acid groups (broad SMARTS) is 1. The van der Waals surface area contributed by atoms with Gasteiger partial charge in [0.1, 0.15) is 29.5 Å². The minimum atomic E-state index is -1.11. The third-order valence-electron chi connectivity index (χ3n) is 5.92. The van der Waals surface area contributed by atoms with Crippen LogP contribution in [0.25, 0.3) is 0 Å². The summed E-state index contributed by atoms with van der Waals surface area (Å²) >= 11 is 0. The Bertz CT molecular complexity index is 1190. The number of ether oxygens (including phenoxy) is 1.